The zero-order chi connectivity index (χ0) is 23.2. The van der Waals surface area contributed by atoms with Crippen molar-refractivity contribution in [2.45, 2.75) is 30.6 Å². The molecule has 2 fully saturated rings. The number of benzene rings is 1. The van der Waals surface area contributed by atoms with Gasteiger partial charge in [0, 0.05) is 37.8 Å². The first kappa shape index (κ1) is 22.6. The van der Waals surface area contributed by atoms with Gasteiger partial charge in [-0.1, -0.05) is 0 Å². The first-order valence-corrected chi connectivity index (χ1v) is 10.1. The number of aromatic amines is 1. The van der Waals surface area contributed by atoms with E-state index in [1.807, 2.05) is 0 Å². The molecule has 6 N–H and O–H groups in total. The smallest absolute Gasteiger partial charge is 0.341 e. The van der Waals surface area contributed by atoms with E-state index in [9.17, 15) is 34.4 Å². The molecule has 2 aliphatic rings. The molecule has 0 spiro atoms. The number of ether oxygens (including phenoxy) is 1. The van der Waals surface area contributed by atoms with Gasteiger partial charge < -0.3 is 40.2 Å². The van der Waals surface area contributed by atoms with Gasteiger partial charge in [-0.05, 0) is 12.1 Å². The Labute approximate surface area is 180 Å². The number of aliphatic hydroxyl groups is 4. The van der Waals surface area contributed by atoms with Crippen molar-refractivity contribution < 1.29 is 39.5 Å². The van der Waals surface area contributed by atoms with E-state index in [0.29, 0.717) is 31.7 Å². The number of hydrogen-bond acceptors (Lipinski definition) is 9. The molecule has 3 heterocycles. The van der Waals surface area contributed by atoms with E-state index < -0.39 is 60.0 Å². The predicted molar refractivity (Wildman–Crippen MR) is 109 cm³/mol. The van der Waals surface area contributed by atoms with Gasteiger partial charge in [0.15, 0.2) is 0 Å². The van der Waals surface area contributed by atoms with Gasteiger partial charge in [0.2, 0.25) is 5.43 Å². The molecule has 11 nitrogen and oxygen atoms in total. The van der Waals surface area contributed by atoms with Gasteiger partial charge in [-0.25, -0.2) is 9.18 Å². The number of nitrogens with one attached hydrogen (secondary N) is 1. The number of piperazine rings is 1. The lowest BCUT2D eigenvalue weighted by molar-refractivity contribution is -0.265. The average Bonchev–Trinajstić information content (AvgIpc) is 2.78. The molecule has 32 heavy (non-hydrogen) atoms. The van der Waals surface area contributed by atoms with Crippen molar-refractivity contribution in [2.75, 3.05) is 37.7 Å². The zero-order valence-electron chi connectivity index (χ0n) is 16.9. The number of carboxylic acid groups (broad SMARTS) is 1. The Hall–Kier alpha value is -2.61. The highest BCUT2D eigenvalue weighted by Crippen LogP contribution is 2.28. The van der Waals surface area contributed by atoms with Crippen LogP contribution in [0.3, 0.4) is 0 Å². The fourth-order valence-electron chi connectivity index (χ4n) is 4.23. The number of aliphatic hydroxyl groups excluding tert-OH is 4. The molecule has 2 aromatic rings. The van der Waals surface area contributed by atoms with Crippen LogP contribution in [0.4, 0.5) is 10.1 Å². The van der Waals surface area contributed by atoms with E-state index in [2.05, 4.69) is 4.98 Å². The Kier molecular flexibility index (Phi) is 6.16. The molecule has 1 aromatic carbocycles. The van der Waals surface area contributed by atoms with Crippen LogP contribution in [0.15, 0.2) is 23.1 Å². The Morgan fingerprint density at radius 2 is 1.81 bits per heavy atom. The van der Waals surface area contributed by atoms with Gasteiger partial charge in [0.05, 0.1) is 17.8 Å². The number of halogens is 1. The number of aromatic carboxylic acids is 1. The Balaban J connectivity index is 1.52. The second-order valence-corrected chi connectivity index (χ2v) is 7.93. The lowest BCUT2D eigenvalue weighted by Gasteiger charge is -2.47. The van der Waals surface area contributed by atoms with Crippen LogP contribution in [0.2, 0.25) is 0 Å². The third-order valence-electron chi connectivity index (χ3n) is 6.06. The second kappa shape index (κ2) is 8.73. The van der Waals surface area contributed by atoms with Crippen LogP contribution in [0.25, 0.3) is 10.9 Å². The third-order valence-corrected chi connectivity index (χ3v) is 6.06. The van der Waals surface area contributed by atoms with Crippen molar-refractivity contribution >= 4 is 22.6 Å². The lowest BCUT2D eigenvalue weighted by Crippen LogP contribution is -2.65. The van der Waals surface area contributed by atoms with Crippen molar-refractivity contribution in [3.8, 4) is 0 Å². The van der Waals surface area contributed by atoms with Crippen LogP contribution in [-0.4, -0.2) is 105 Å². The van der Waals surface area contributed by atoms with Gasteiger partial charge in [-0.15, -0.1) is 0 Å². The number of carbonyl (C=O) groups is 1. The maximum absolute atomic E-state index is 14.8. The van der Waals surface area contributed by atoms with Gasteiger partial charge in [-0.2, -0.15) is 0 Å². The van der Waals surface area contributed by atoms with Crippen LogP contribution in [-0.2, 0) is 4.74 Å². The molecule has 0 radical (unpaired) electrons. The van der Waals surface area contributed by atoms with Gasteiger partial charge >= 0.3 is 5.97 Å². The normalized spacial score (nSPS) is 29.4. The zero-order valence-corrected chi connectivity index (χ0v) is 16.9. The van der Waals surface area contributed by atoms with Crippen LogP contribution < -0.4 is 10.3 Å². The largest absolute Gasteiger partial charge is 0.477 e. The SMILES string of the molecule is O=C(O)c1c[nH]c2cc(N3CCN([C@@H]4O[C@H](CO)[C@@H](O)[C@H](O)[C@H]4O)CC3)c(F)cc2c1=O. The van der Waals surface area contributed by atoms with Crippen molar-refractivity contribution in [3.63, 3.8) is 0 Å². The number of hydrogen-bond donors (Lipinski definition) is 6. The van der Waals surface area contributed by atoms with Crippen LogP contribution in [0.1, 0.15) is 10.4 Å². The highest BCUT2D eigenvalue weighted by atomic mass is 19.1. The van der Waals surface area contributed by atoms with Gasteiger partial charge in [0.1, 0.15) is 42.0 Å². The topological polar surface area (TPSA) is 167 Å². The Morgan fingerprint density at radius 1 is 1.12 bits per heavy atom. The van der Waals surface area contributed by atoms with E-state index in [4.69, 9.17) is 9.84 Å². The highest BCUT2D eigenvalue weighted by molar-refractivity contribution is 5.93. The van der Waals surface area contributed by atoms with Crippen molar-refractivity contribution in [3.05, 3.63) is 39.9 Å². The van der Waals surface area contributed by atoms with Gasteiger partial charge in [-0.3, -0.25) is 9.69 Å². The fraction of sp³-hybridized carbons (Fsp3) is 0.500. The molecule has 2 saturated heterocycles. The summed E-state index contributed by atoms with van der Waals surface area (Å²) in [6.07, 6.45) is -5.18. The van der Waals surface area contributed by atoms with Crippen LogP contribution in [0.5, 0.6) is 0 Å². The minimum Gasteiger partial charge on any atom is -0.477 e. The quantitative estimate of drug-likeness (QED) is 0.314. The molecule has 12 heteroatoms. The van der Waals surface area contributed by atoms with Crippen molar-refractivity contribution in [2.24, 2.45) is 0 Å². The monoisotopic (exact) mass is 453 g/mol. The summed E-state index contributed by atoms with van der Waals surface area (Å²) in [5, 5.41) is 48.6. The molecule has 0 amide bonds. The average molecular weight is 453 g/mol. The number of aromatic nitrogens is 1. The number of carboxylic acids is 1. The number of rotatable bonds is 4. The van der Waals surface area contributed by atoms with Crippen molar-refractivity contribution in [1.29, 1.82) is 0 Å². The van der Waals surface area contributed by atoms with E-state index in [1.54, 1.807) is 9.80 Å². The summed E-state index contributed by atoms with van der Waals surface area (Å²) in [6.45, 7) is 0.790. The molecular weight excluding hydrogens is 429 g/mol. The molecule has 0 saturated carbocycles. The molecule has 2 aliphatic heterocycles. The predicted octanol–water partition coefficient (Wildman–Crippen LogP) is -1.71. The summed E-state index contributed by atoms with van der Waals surface area (Å²) in [7, 11) is 0. The van der Waals surface area contributed by atoms with E-state index in [0.717, 1.165) is 12.3 Å². The molecule has 5 atom stereocenters. The number of fused-ring (bicyclic) bond motifs is 1. The second-order valence-electron chi connectivity index (χ2n) is 7.93. The van der Waals surface area contributed by atoms with E-state index >= 15 is 0 Å². The molecule has 1 aromatic heterocycles. The molecule has 174 valence electrons. The minimum absolute atomic E-state index is 0.0638. The number of nitrogens with zero attached hydrogens (tertiary/aromatic N) is 2. The number of pyridine rings is 1. The Bertz CT molecular complexity index is 1070. The molecule has 4 rings (SSSR count). The van der Waals surface area contributed by atoms with E-state index in [1.165, 1.54) is 6.07 Å². The molecule has 0 bridgehead atoms. The highest BCUT2D eigenvalue weighted by Gasteiger charge is 2.46. The standard InChI is InChI=1S/C20H24FN3O8/c21-11-5-9-12(22-7-10(15(9)26)20(30)31)6-13(11)23-1-3-24(4-2-23)19-18(29)17(28)16(27)14(8-25)32-19/h5-7,14,16-19,25,27-29H,1-4,8H2,(H,22,26)(H,30,31)/t14-,16-,17+,18-,19-/m1/s1. The van der Waals surface area contributed by atoms with Crippen molar-refractivity contribution in [1.82, 2.24) is 9.88 Å². The summed E-state index contributed by atoms with van der Waals surface area (Å²) in [6, 6.07) is 2.46. The summed E-state index contributed by atoms with van der Waals surface area (Å²) in [5.74, 6) is -2.08. The van der Waals surface area contributed by atoms with Crippen LogP contribution >= 0.6 is 0 Å². The number of anilines is 1. The van der Waals surface area contributed by atoms with E-state index in [-0.39, 0.29) is 11.1 Å². The maximum Gasteiger partial charge on any atom is 0.341 e. The maximum atomic E-state index is 14.8. The third kappa shape index (κ3) is 3.85. The molecule has 0 aliphatic carbocycles. The minimum atomic E-state index is -1.48. The first-order valence-electron chi connectivity index (χ1n) is 10.1. The Morgan fingerprint density at radius 3 is 2.44 bits per heavy atom. The fourth-order valence-corrected chi connectivity index (χ4v) is 4.23. The summed E-state index contributed by atoms with van der Waals surface area (Å²) < 4.78 is 20.4. The van der Waals surface area contributed by atoms with Crippen LogP contribution in [0, 0.1) is 5.82 Å². The molecular formula is C20H24FN3O8. The summed E-state index contributed by atoms with van der Waals surface area (Å²) in [5.41, 5.74) is -0.723. The molecule has 0 unspecified atom stereocenters. The first-order chi connectivity index (χ1) is 15.2. The lowest BCUT2D eigenvalue weighted by atomic mass is 9.97. The summed E-state index contributed by atoms with van der Waals surface area (Å²) >= 11 is 0. The summed E-state index contributed by atoms with van der Waals surface area (Å²) in [4.78, 5) is 29.6. The number of H-pyrrole nitrogens is 1. The van der Waals surface area contributed by atoms with Gasteiger partial charge in [0.25, 0.3) is 0 Å².